The van der Waals surface area contributed by atoms with Gasteiger partial charge in [-0.2, -0.15) is 0 Å². The van der Waals surface area contributed by atoms with E-state index in [1.54, 1.807) is 0 Å². The van der Waals surface area contributed by atoms with Crippen LogP contribution in [0.2, 0.25) is 0 Å². The van der Waals surface area contributed by atoms with Crippen LogP contribution < -0.4 is 5.73 Å². The van der Waals surface area contributed by atoms with E-state index < -0.39 is 0 Å². The first-order chi connectivity index (χ1) is 7.63. The van der Waals surface area contributed by atoms with Gasteiger partial charge in [-0.25, -0.2) is 4.98 Å². The fourth-order valence-corrected chi connectivity index (χ4v) is 1.99. The van der Waals surface area contributed by atoms with E-state index in [1.807, 2.05) is 6.20 Å². The minimum atomic E-state index is -0.0661. The van der Waals surface area contributed by atoms with Crippen molar-refractivity contribution in [2.75, 3.05) is 19.8 Å². The molecule has 0 radical (unpaired) electrons. The topological polar surface area (TPSA) is 63.9 Å². The van der Waals surface area contributed by atoms with Crippen LogP contribution in [0, 0.1) is 0 Å². The molecule has 3 N–H and O–H groups in total. The zero-order valence-corrected chi connectivity index (χ0v) is 10.1. The number of nitrogens with zero attached hydrogens (tertiary/aromatic N) is 1. The number of aromatic amines is 1. The Hall–Kier alpha value is -0.870. The molecule has 0 saturated carbocycles. The van der Waals surface area contributed by atoms with E-state index in [4.69, 9.17) is 10.5 Å². The van der Waals surface area contributed by atoms with Crippen molar-refractivity contribution >= 4 is 0 Å². The summed E-state index contributed by atoms with van der Waals surface area (Å²) in [6.45, 7) is 6.55. The quantitative estimate of drug-likeness (QED) is 0.817. The lowest BCUT2D eigenvalue weighted by molar-refractivity contribution is 0.0845. The molecule has 0 aromatic carbocycles. The molecule has 4 heteroatoms. The molecule has 16 heavy (non-hydrogen) atoms. The van der Waals surface area contributed by atoms with E-state index in [-0.39, 0.29) is 5.41 Å². The van der Waals surface area contributed by atoms with Crippen LogP contribution in [0.15, 0.2) is 6.20 Å². The smallest absolute Gasteiger partial charge is 0.113 e. The largest absolute Gasteiger partial charge is 0.381 e. The molecule has 2 rings (SSSR count). The van der Waals surface area contributed by atoms with Gasteiger partial charge in [0.05, 0.1) is 0 Å². The Bertz CT molecular complexity index is 340. The third kappa shape index (κ3) is 2.28. The van der Waals surface area contributed by atoms with E-state index >= 15 is 0 Å². The Morgan fingerprint density at radius 3 is 2.81 bits per heavy atom. The summed E-state index contributed by atoms with van der Waals surface area (Å²) in [6.07, 6.45) is 4.14. The summed E-state index contributed by atoms with van der Waals surface area (Å²) in [7, 11) is 0. The minimum absolute atomic E-state index is 0.0661. The molecule has 0 bridgehead atoms. The van der Waals surface area contributed by atoms with Gasteiger partial charge < -0.3 is 15.5 Å². The number of rotatable bonds is 3. The Kier molecular flexibility index (Phi) is 3.30. The first kappa shape index (κ1) is 11.6. The van der Waals surface area contributed by atoms with Gasteiger partial charge in [0.25, 0.3) is 0 Å². The molecular formula is C12H21N3O. The summed E-state index contributed by atoms with van der Waals surface area (Å²) in [5, 5.41) is 0. The van der Waals surface area contributed by atoms with Gasteiger partial charge in [-0.15, -0.1) is 0 Å². The average Bonchev–Trinajstić information content (AvgIpc) is 2.80. The average molecular weight is 223 g/mol. The first-order valence-electron chi connectivity index (χ1n) is 5.96. The summed E-state index contributed by atoms with van der Waals surface area (Å²) >= 11 is 0. The number of aromatic nitrogens is 2. The lowest BCUT2D eigenvalue weighted by atomic mass is 9.93. The highest BCUT2D eigenvalue weighted by Gasteiger charge is 2.24. The fourth-order valence-electron chi connectivity index (χ4n) is 1.99. The first-order valence-corrected chi connectivity index (χ1v) is 5.96. The van der Waals surface area contributed by atoms with Crippen LogP contribution in [0.25, 0.3) is 0 Å². The van der Waals surface area contributed by atoms with Crippen LogP contribution in [-0.2, 0) is 10.2 Å². The highest BCUT2D eigenvalue weighted by atomic mass is 16.5. The fraction of sp³-hybridized carbons (Fsp3) is 0.750. The molecular weight excluding hydrogens is 202 g/mol. The monoisotopic (exact) mass is 223 g/mol. The zero-order valence-electron chi connectivity index (χ0n) is 10.1. The van der Waals surface area contributed by atoms with Crippen molar-refractivity contribution in [3.63, 3.8) is 0 Å². The predicted molar refractivity (Wildman–Crippen MR) is 63.5 cm³/mol. The van der Waals surface area contributed by atoms with Crippen LogP contribution in [-0.4, -0.2) is 29.7 Å². The van der Waals surface area contributed by atoms with E-state index in [9.17, 15) is 0 Å². The van der Waals surface area contributed by atoms with Gasteiger partial charge in [-0.05, 0) is 12.8 Å². The van der Waals surface area contributed by atoms with E-state index in [0.717, 1.165) is 31.9 Å². The summed E-state index contributed by atoms with van der Waals surface area (Å²) in [5.41, 5.74) is 6.92. The molecule has 4 nitrogen and oxygen atoms in total. The van der Waals surface area contributed by atoms with Crippen molar-refractivity contribution in [3.8, 4) is 0 Å². The Morgan fingerprint density at radius 2 is 2.19 bits per heavy atom. The van der Waals surface area contributed by atoms with Gasteiger partial charge in [0.15, 0.2) is 0 Å². The lowest BCUT2D eigenvalue weighted by Gasteiger charge is -2.22. The molecule has 1 aliphatic heterocycles. The number of ether oxygens (including phenoxy) is 1. The van der Waals surface area contributed by atoms with Gasteiger partial charge >= 0.3 is 0 Å². The highest BCUT2D eigenvalue weighted by Crippen LogP contribution is 2.27. The third-order valence-electron chi connectivity index (χ3n) is 3.41. The van der Waals surface area contributed by atoms with Crippen molar-refractivity contribution in [1.29, 1.82) is 0 Å². The van der Waals surface area contributed by atoms with Gasteiger partial charge in [0.2, 0.25) is 0 Å². The molecule has 1 aliphatic rings. The summed E-state index contributed by atoms with van der Waals surface area (Å²) < 4.78 is 5.36. The Balaban J connectivity index is 2.12. The molecule has 2 heterocycles. The standard InChI is InChI=1S/C12H21N3O/c1-12(2,8-13)11-14-7-10(15-11)9-3-5-16-6-4-9/h7,9H,3-6,8,13H2,1-2H3,(H,14,15). The third-order valence-corrected chi connectivity index (χ3v) is 3.41. The zero-order chi connectivity index (χ0) is 11.6. The van der Waals surface area contributed by atoms with E-state index in [0.29, 0.717) is 12.5 Å². The van der Waals surface area contributed by atoms with Crippen molar-refractivity contribution in [2.24, 2.45) is 5.73 Å². The van der Waals surface area contributed by atoms with Crippen molar-refractivity contribution in [2.45, 2.75) is 38.0 Å². The van der Waals surface area contributed by atoms with Gasteiger partial charge in [-0.1, -0.05) is 13.8 Å². The van der Waals surface area contributed by atoms with Crippen molar-refractivity contribution < 1.29 is 4.74 Å². The number of nitrogens with two attached hydrogens (primary N) is 1. The van der Waals surface area contributed by atoms with Crippen molar-refractivity contribution in [1.82, 2.24) is 9.97 Å². The predicted octanol–water partition coefficient (Wildman–Crippen LogP) is 1.54. The van der Waals surface area contributed by atoms with Crippen LogP contribution in [0.3, 0.4) is 0 Å². The molecule has 0 unspecified atom stereocenters. The molecule has 0 spiro atoms. The lowest BCUT2D eigenvalue weighted by Crippen LogP contribution is -2.29. The van der Waals surface area contributed by atoms with E-state index in [2.05, 4.69) is 23.8 Å². The molecule has 0 atom stereocenters. The SMILES string of the molecule is CC(C)(CN)c1ncc(C2CCOCC2)[nH]1. The summed E-state index contributed by atoms with van der Waals surface area (Å²) in [5.74, 6) is 1.57. The molecule has 1 aromatic heterocycles. The number of hydrogen-bond donors (Lipinski definition) is 2. The van der Waals surface area contributed by atoms with Gasteiger partial charge in [0, 0.05) is 43.0 Å². The molecule has 90 valence electrons. The number of nitrogens with one attached hydrogen (secondary N) is 1. The van der Waals surface area contributed by atoms with Crippen LogP contribution in [0.1, 0.15) is 44.1 Å². The van der Waals surface area contributed by atoms with Gasteiger partial charge in [0.1, 0.15) is 5.82 Å². The normalized spacial score (nSPS) is 18.9. The molecule has 0 aliphatic carbocycles. The highest BCUT2D eigenvalue weighted by molar-refractivity contribution is 5.14. The van der Waals surface area contributed by atoms with Crippen LogP contribution in [0.4, 0.5) is 0 Å². The second-order valence-corrected chi connectivity index (χ2v) is 5.16. The maximum absolute atomic E-state index is 5.75. The number of imidazole rings is 1. The van der Waals surface area contributed by atoms with E-state index in [1.165, 1.54) is 5.69 Å². The number of H-pyrrole nitrogens is 1. The van der Waals surface area contributed by atoms with Crippen LogP contribution >= 0.6 is 0 Å². The second kappa shape index (κ2) is 4.55. The maximum Gasteiger partial charge on any atom is 0.113 e. The summed E-state index contributed by atoms with van der Waals surface area (Å²) in [6, 6.07) is 0. The van der Waals surface area contributed by atoms with Crippen LogP contribution in [0.5, 0.6) is 0 Å². The maximum atomic E-state index is 5.75. The molecule has 0 amide bonds. The Morgan fingerprint density at radius 1 is 1.50 bits per heavy atom. The second-order valence-electron chi connectivity index (χ2n) is 5.16. The molecule has 1 saturated heterocycles. The number of hydrogen-bond acceptors (Lipinski definition) is 3. The molecule has 1 fully saturated rings. The molecule has 1 aromatic rings. The summed E-state index contributed by atoms with van der Waals surface area (Å²) in [4.78, 5) is 7.88. The van der Waals surface area contributed by atoms with Gasteiger partial charge in [-0.3, -0.25) is 0 Å². The van der Waals surface area contributed by atoms with Crippen molar-refractivity contribution in [3.05, 3.63) is 17.7 Å². The Labute approximate surface area is 96.6 Å². The minimum Gasteiger partial charge on any atom is -0.381 e.